The molecule has 1 atom stereocenters. The van der Waals surface area contributed by atoms with E-state index in [1.165, 1.54) is 16.2 Å². The second-order valence-electron chi connectivity index (χ2n) is 5.31. The van der Waals surface area contributed by atoms with Gasteiger partial charge in [0.2, 0.25) is 0 Å². The Labute approximate surface area is 135 Å². The topological polar surface area (TPSA) is 49.8 Å². The van der Waals surface area contributed by atoms with Gasteiger partial charge >= 0.3 is 0 Å². The van der Waals surface area contributed by atoms with Crippen molar-refractivity contribution in [3.63, 3.8) is 0 Å². The number of carbonyl (C=O) groups excluding carboxylic acids is 1. The predicted molar refractivity (Wildman–Crippen MR) is 88.1 cm³/mol. The maximum Gasteiger partial charge on any atom is 0.254 e. The number of likely N-dealkylation sites (N-methyl/N-ethyl adjacent to an activating group) is 1. The normalized spacial score (nSPS) is 12.1. The average molecular weight is 319 g/mol. The first-order chi connectivity index (χ1) is 10.6. The van der Waals surface area contributed by atoms with Crippen molar-refractivity contribution in [3.8, 4) is 0 Å². The van der Waals surface area contributed by atoms with E-state index in [1.54, 1.807) is 7.05 Å². The third kappa shape index (κ3) is 4.66. The van der Waals surface area contributed by atoms with E-state index in [4.69, 9.17) is 4.74 Å². The van der Waals surface area contributed by atoms with Crippen LogP contribution >= 0.6 is 11.3 Å². The molecule has 1 N–H and O–H groups in total. The van der Waals surface area contributed by atoms with Crippen molar-refractivity contribution in [1.29, 1.82) is 0 Å². The van der Waals surface area contributed by atoms with Gasteiger partial charge in [0.1, 0.15) is 0 Å². The van der Waals surface area contributed by atoms with Gasteiger partial charge in [-0.2, -0.15) is 11.3 Å². The van der Waals surface area contributed by atoms with Crippen LogP contribution in [0.5, 0.6) is 0 Å². The second kappa shape index (κ2) is 8.08. The SMILES string of the molecule is Cc1cscc1C(=O)N(C)CC(O)COCc1ccccc1. The molecule has 1 amide bonds. The molecular formula is C17H21NO3S. The first-order valence-electron chi connectivity index (χ1n) is 7.16. The van der Waals surface area contributed by atoms with Crippen molar-refractivity contribution >= 4 is 17.2 Å². The lowest BCUT2D eigenvalue weighted by Crippen LogP contribution is -2.36. The van der Waals surface area contributed by atoms with E-state index >= 15 is 0 Å². The molecule has 1 aromatic carbocycles. The lowest BCUT2D eigenvalue weighted by atomic mass is 10.2. The summed E-state index contributed by atoms with van der Waals surface area (Å²) >= 11 is 1.51. The van der Waals surface area contributed by atoms with Crippen LogP contribution in [0.4, 0.5) is 0 Å². The Morgan fingerprint density at radius 1 is 1.32 bits per heavy atom. The number of benzene rings is 1. The Balaban J connectivity index is 1.75. The maximum absolute atomic E-state index is 12.2. The third-order valence-electron chi connectivity index (χ3n) is 3.34. The van der Waals surface area contributed by atoms with Crippen molar-refractivity contribution in [2.75, 3.05) is 20.2 Å². The fourth-order valence-corrected chi connectivity index (χ4v) is 2.95. The standard InChI is InChI=1S/C17H21NO3S/c1-13-11-22-12-16(13)17(20)18(2)8-15(19)10-21-9-14-6-4-3-5-7-14/h3-7,11-12,15,19H,8-10H2,1-2H3. The van der Waals surface area contributed by atoms with E-state index < -0.39 is 6.10 Å². The minimum atomic E-state index is -0.698. The molecule has 1 heterocycles. The molecule has 0 spiro atoms. The minimum Gasteiger partial charge on any atom is -0.389 e. The summed E-state index contributed by atoms with van der Waals surface area (Å²) in [5.41, 5.74) is 2.73. The Bertz CT molecular complexity index is 597. The van der Waals surface area contributed by atoms with Gasteiger partial charge in [-0.1, -0.05) is 30.3 Å². The zero-order chi connectivity index (χ0) is 15.9. The van der Waals surface area contributed by atoms with Gasteiger partial charge in [0.25, 0.3) is 5.91 Å². The first kappa shape index (κ1) is 16.7. The van der Waals surface area contributed by atoms with Gasteiger partial charge in [0.15, 0.2) is 0 Å². The monoisotopic (exact) mass is 319 g/mol. The average Bonchev–Trinajstić information content (AvgIpc) is 2.93. The molecule has 2 aromatic rings. The number of hydrogen-bond donors (Lipinski definition) is 1. The highest BCUT2D eigenvalue weighted by atomic mass is 32.1. The number of hydrogen-bond acceptors (Lipinski definition) is 4. The zero-order valence-corrected chi connectivity index (χ0v) is 13.7. The highest BCUT2D eigenvalue weighted by Gasteiger charge is 2.17. The Kier molecular flexibility index (Phi) is 6.12. The molecule has 0 aliphatic heterocycles. The molecule has 4 nitrogen and oxygen atoms in total. The molecule has 0 saturated carbocycles. The minimum absolute atomic E-state index is 0.0686. The highest BCUT2D eigenvalue weighted by Crippen LogP contribution is 2.15. The summed E-state index contributed by atoms with van der Waals surface area (Å²) in [6.45, 7) is 2.83. The van der Waals surface area contributed by atoms with Crippen LogP contribution < -0.4 is 0 Å². The van der Waals surface area contributed by atoms with Gasteiger partial charge in [-0.15, -0.1) is 0 Å². The Morgan fingerprint density at radius 3 is 2.68 bits per heavy atom. The summed E-state index contributed by atoms with van der Waals surface area (Å²) in [7, 11) is 1.69. The number of carbonyl (C=O) groups is 1. The summed E-state index contributed by atoms with van der Waals surface area (Å²) < 4.78 is 5.49. The van der Waals surface area contributed by atoms with Crippen LogP contribution in [0, 0.1) is 6.92 Å². The quantitative estimate of drug-likeness (QED) is 0.853. The number of aliphatic hydroxyl groups is 1. The van der Waals surface area contributed by atoms with Crippen molar-refractivity contribution in [3.05, 3.63) is 57.8 Å². The van der Waals surface area contributed by atoms with Gasteiger partial charge in [-0.25, -0.2) is 0 Å². The van der Waals surface area contributed by atoms with Crippen LogP contribution in [-0.2, 0) is 11.3 Å². The molecule has 22 heavy (non-hydrogen) atoms. The van der Waals surface area contributed by atoms with Gasteiger partial charge in [-0.3, -0.25) is 4.79 Å². The van der Waals surface area contributed by atoms with E-state index in [0.29, 0.717) is 12.2 Å². The molecule has 0 bridgehead atoms. The van der Waals surface area contributed by atoms with Gasteiger partial charge in [0, 0.05) is 19.0 Å². The van der Waals surface area contributed by atoms with Gasteiger partial charge < -0.3 is 14.7 Å². The summed E-state index contributed by atoms with van der Waals surface area (Å²) in [5.74, 6) is -0.0686. The molecule has 0 fully saturated rings. The number of nitrogens with zero attached hydrogens (tertiary/aromatic N) is 1. The molecule has 0 aliphatic carbocycles. The fraction of sp³-hybridized carbons (Fsp3) is 0.353. The summed E-state index contributed by atoms with van der Waals surface area (Å²) in [6.07, 6.45) is -0.698. The Morgan fingerprint density at radius 2 is 2.05 bits per heavy atom. The highest BCUT2D eigenvalue weighted by molar-refractivity contribution is 7.08. The van der Waals surface area contributed by atoms with Crippen LogP contribution in [0.25, 0.3) is 0 Å². The molecule has 1 aromatic heterocycles. The smallest absolute Gasteiger partial charge is 0.254 e. The predicted octanol–water partition coefficient (Wildman–Crippen LogP) is 2.71. The number of amides is 1. The molecule has 0 aliphatic rings. The summed E-state index contributed by atoms with van der Waals surface area (Å²) in [6, 6.07) is 9.80. The number of aryl methyl sites for hydroxylation is 1. The number of rotatable bonds is 7. The molecule has 0 radical (unpaired) electrons. The lowest BCUT2D eigenvalue weighted by Gasteiger charge is -2.21. The van der Waals surface area contributed by atoms with Crippen LogP contribution in [0.2, 0.25) is 0 Å². The molecule has 2 rings (SSSR count). The second-order valence-corrected chi connectivity index (χ2v) is 6.05. The lowest BCUT2D eigenvalue weighted by molar-refractivity contribution is 0.0137. The van der Waals surface area contributed by atoms with Crippen molar-refractivity contribution in [2.24, 2.45) is 0 Å². The summed E-state index contributed by atoms with van der Waals surface area (Å²) in [5, 5.41) is 13.8. The van der Waals surface area contributed by atoms with Crippen LogP contribution in [0.1, 0.15) is 21.5 Å². The van der Waals surface area contributed by atoms with E-state index in [9.17, 15) is 9.90 Å². The van der Waals surface area contributed by atoms with E-state index in [0.717, 1.165) is 11.1 Å². The van der Waals surface area contributed by atoms with Gasteiger partial charge in [0.05, 0.1) is 24.9 Å². The van der Waals surface area contributed by atoms with Crippen molar-refractivity contribution < 1.29 is 14.6 Å². The molecular weight excluding hydrogens is 298 g/mol. The van der Waals surface area contributed by atoms with Crippen molar-refractivity contribution in [1.82, 2.24) is 4.90 Å². The molecule has 1 unspecified atom stereocenters. The number of aliphatic hydroxyl groups excluding tert-OH is 1. The number of thiophene rings is 1. The summed E-state index contributed by atoms with van der Waals surface area (Å²) in [4.78, 5) is 13.8. The zero-order valence-electron chi connectivity index (χ0n) is 12.9. The molecule has 0 saturated heterocycles. The number of ether oxygens (including phenoxy) is 1. The van der Waals surface area contributed by atoms with Crippen LogP contribution in [0.3, 0.4) is 0 Å². The van der Waals surface area contributed by atoms with E-state index in [-0.39, 0.29) is 19.1 Å². The largest absolute Gasteiger partial charge is 0.389 e. The fourth-order valence-electron chi connectivity index (χ4n) is 2.12. The third-order valence-corrected chi connectivity index (χ3v) is 4.20. The Hall–Kier alpha value is -1.69. The molecule has 5 heteroatoms. The molecule has 118 valence electrons. The van der Waals surface area contributed by atoms with Crippen LogP contribution in [-0.4, -0.2) is 42.2 Å². The van der Waals surface area contributed by atoms with Gasteiger partial charge in [-0.05, 0) is 23.4 Å². The van der Waals surface area contributed by atoms with Crippen molar-refractivity contribution in [2.45, 2.75) is 19.6 Å². The van der Waals surface area contributed by atoms with Crippen LogP contribution in [0.15, 0.2) is 41.1 Å². The van der Waals surface area contributed by atoms with E-state index in [2.05, 4.69) is 0 Å². The van der Waals surface area contributed by atoms with E-state index in [1.807, 2.05) is 48.0 Å². The maximum atomic E-state index is 12.2. The first-order valence-corrected chi connectivity index (χ1v) is 8.10.